The van der Waals surface area contributed by atoms with Crippen molar-refractivity contribution in [2.24, 2.45) is 0 Å². The molecule has 1 aliphatic heterocycles. The fourth-order valence-corrected chi connectivity index (χ4v) is 3.61. The highest BCUT2D eigenvalue weighted by molar-refractivity contribution is 5.91. The van der Waals surface area contributed by atoms with E-state index in [4.69, 9.17) is 4.74 Å². The number of benzene rings is 2. The summed E-state index contributed by atoms with van der Waals surface area (Å²) in [6, 6.07) is 15.9. The molecule has 2 heterocycles. The SMILES string of the molecule is CCOc1ccccc1NC(=O)N1CCc2[nH]c3ccccc3c2CC1. The molecule has 0 radical (unpaired) electrons. The van der Waals surface area contributed by atoms with Crippen molar-refractivity contribution in [2.45, 2.75) is 19.8 Å². The number of carbonyl (C=O) groups is 1. The van der Waals surface area contributed by atoms with Crippen molar-refractivity contribution < 1.29 is 9.53 Å². The van der Waals surface area contributed by atoms with Crippen molar-refractivity contribution in [3.63, 3.8) is 0 Å². The zero-order valence-electron chi connectivity index (χ0n) is 14.9. The van der Waals surface area contributed by atoms with Crippen molar-refractivity contribution in [3.8, 4) is 5.75 Å². The summed E-state index contributed by atoms with van der Waals surface area (Å²) in [5.41, 5.74) is 4.48. The molecular weight excluding hydrogens is 326 g/mol. The predicted molar refractivity (Wildman–Crippen MR) is 104 cm³/mol. The topological polar surface area (TPSA) is 57.4 Å². The van der Waals surface area contributed by atoms with Gasteiger partial charge in [0.2, 0.25) is 0 Å². The summed E-state index contributed by atoms with van der Waals surface area (Å²) in [7, 11) is 0. The zero-order valence-corrected chi connectivity index (χ0v) is 14.9. The van der Waals surface area contributed by atoms with E-state index in [1.165, 1.54) is 22.2 Å². The molecule has 3 aromatic rings. The fraction of sp³-hybridized carbons (Fsp3) is 0.286. The van der Waals surface area contributed by atoms with Crippen LogP contribution in [0.4, 0.5) is 10.5 Å². The second kappa shape index (κ2) is 7.12. The van der Waals surface area contributed by atoms with Crippen LogP contribution in [0.15, 0.2) is 48.5 Å². The van der Waals surface area contributed by atoms with Gasteiger partial charge in [-0.25, -0.2) is 4.79 Å². The molecule has 5 heteroatoms. The van der Waals surface area contributed by atoms with Gasteiger partial charge in [0.05, 0.1) is 12.3 Å². The first kappa shape index (κ1) is 16.5. The van der Waals surface area contributed by atoms with E-state index in [1.54, 1.807) is 0 Å². The summed E-state index contributed by atoms with van der Waals surface area (Å²) < 4.78 is 5.60. The highest BCUT2D eigenvalue weighted by Gasteiger charge is 2.22. The van der Waals surface area contributed by atoms with Crippen LogP contribution < -0.4 is 10.1 Å². The summed E-state index contributed by atoms with van der Waals surface area (Å²) in [4.78, 5) is 18.2. The van der Waals surface area contributed by atoms with Crippen molar-refractivity contribution >= 4 is 22.6 Å². The molecule has 0 fully saturated rings. The summed E-state index contributed by atoms with van der Waals surface area (Å²) >= 11 is 0. The molecule has 4 rings (SSSR count). The van der Waals surface area contributed by atoms with Crippen molar-refractivity contribution in [1.29, 1.82) is 0 Å². The maximum Gasteiger partial charge on any atom is 0.321 e. The summed E-state index contributed by atoms with van der Waals surface area (Å²) in [6.07, 6.45) is 1.70. The highest BCUT2D eigenvalue weighted by atomic mass is 16.5. The van der Waals surface area contributed by atoms with Gasteiger partial charge in [-0.3, -0.25) is 0 Å². The molecule has 0 aliphatic carbocycles. The molecule has 134 valence electrons. The normalized spacial score (nSPS) is 14.0. The van der Waals surface area contributed by atoms with Gasteiger partial charge in [0, 0.05) is 36.1 Å². The highest BCUT2D eigenvalue weighted by Crippen LogP contribution is 2.27. The van der Waals surface area contributed by atoms with Crippen LogP contribution in [0.1, 0.15) is 18.2 Å². The second-order valence-electron chi connectivity index (χ2n) is 6.47. The quantitative estimate of drug-likeness (QED) is 0.744. The van der Waals surface area contributed by atoms with E-state index in [0.29, 0.717) is 31.1 Å². The molecule has 1 aliphatic rings. The minimum atomic E-state index is -0.0772. The lowest BCUT2D eigenvalue weighted by atomic mass is 10.1. The van der Waals surface area contributed by atoms with Crippen LogP contribution in [0.3, 0.4) is 0 Å². The van der Waals surface area contributed by atoms with Gasteiger partial charge in [-0.1, -0.05) is 30.3 Å². The third-order valence-electron chi connectivity index (χ3n) is 4.88. The molecule has 0 saturated carbocycles. The number of hydrogen-bond donors (Lipinski definition) is 2. The Kier molecular flexibility index (Phi) is 4.52. The standard InChI is InChI=1S/C21H23N3O2/c1-2-26-20-10-6-5-9-19(20)23-21(25)24-13-11-16-15-7-3-4-8-17(15)22-18(16)12-14-24/h3-10,22H,2,11-14H2,1H3,(H,23,25). The Bertz CT molecular complexity index is 932. The zero-order chi connectivity index (χ0) is 17.9. The average Bonchev–Trinajstić information content (AvgIpc) is 2.87. The summed E-state index contributed by atoms with van der Waals surface area (Å²) in [6.45, 7) is 3.91. The van der Waals surface area contributed by atoms with Crippen LogP contribution in [0, 0.1) is 0 Å². The van der Waals surface area contributed by atoms with E-state index in [1.807, 2.05) is 42.2 Å². The molecule has 0 spiro atoms. The number of aromatic amines is 1. The lowest BCUT2D eigenvalue weighted by Crippen LogP contribution is -2.37. The molecule has 26 heavy (non-hydrogen) atoms. The number of aromatic nitrogens is 1. The first-order valence-electron chi connectivity index (χ1n) is 9.12. The van der Waals surface area contributed by atoms with E-state index in [2.05, 4.69) is 28.5 Å². The van der Waals surface area contributed by atoms with Gasteiger partial charge in [0.25, 0.3) is 0 Å². The Balaban J connectivity index is 1.49. The number of nitrogens with zero attached hydrogens (tertiary/aromatic N) is 1. The first-order chi connectivity index (χ1) is 12.8. The Morgan fingerprint density at radius 2 is 1.88 bits per heavy atom. The molecule has 1 aromatic heterocycles. The number of rotatable bonds is 3. The van der Waals surface area contributed by atoms with E-state index < -0.39 is 0 Å². The fourth-order valence-electron chi connectivity index (χ4n) is 3.61. The second-order valence-corrected chi connectivity index (χ2v) is 6.47. The smallest absolute Gasteiger partial charge is 0.321 e. The van der Waals surface area contributed by atoms with Gasteiger partial charge < -0.3 is 19.9 Å². The van der Waals surface area contributed by atoms with Crippen LogP contribution in [-0.4, -0.2) is 35.6 Å². The number of urea groups is 1. The number of hydrogen-bond acceptors (Lipinski definition) is 2. The van der Waals surface area contributed by atoms with Crippen molar-refractivity contribution in [3.05, 3.63) is 59.8 Å². The summed E-state index contributed by atoms with van der Waals surface area (Å²) in [5, 5.41) is 4.27. The predicted octanol–water partition coefficient (Wildman–Crippen LogP) is 4.20. The molecule has 0 atom stereocenters. The van der Waals surface area contributed by atoms with Crippen molar-refractivity contribution in [1.82, 2.24) is 9.88 Å². The van der Waals surface area contributed by atoms with Crippen LogP contribution >= 0.6 is 0 Å². The molecule has 2 amide bonds. The van der Waals surface area contributed by atoms with E-state index in [-0.39, 0.29) is 6.03 Å². The van der Waals surface area contributed by atoms with Gasteiger partial charge in [0.1, 0.15) is 5.75 Å². The van der Waals surface area contributed by atoms with Crippen LogP contribution in [0.5, 0.6) is 5.75 Å². The lowest BCUT2D eigenvalue weighted by molar-refractivity contribution is 0.214. The van der Waals surface area contributed by atoms with E-state index in [9.17, 15) is 4.79 Å². The summed E-state index contributed by atoms with van der Waals surface area (Å²) in [5.74, 6) is 0.703. The Morgan fingerprint density at radius 3 is 2.77 bits per heavy atom. The van der Waals surface area contributed by atoms with E-state index >= 15 is 0 Å². The molecule has 5 nitrogen and oxygen atoms in total. The third-order valence-corrected chi connectivity index (χ3v) is 4.88. The monoisotopic (exact) mass is 349 g/mol. The minimum Gasteiger partial charge on any atom is -0.492 e. The maximum atomic E-state index is 12.8. The van der Waals surface area contributed by atoms with Gasteiger partial charge in [-0.05, 0) is 37.1 Å². The minimum absolute atomic E-state index is 0.0772. The van der Waals surface area contributed by atoms with Crippen molar-refractivity contribution in [2.75, 3.05) is 25.0 Å². The van der Waals surface area contributed by atoms with Gasteiger partial charge in [-0.15, -0.1) is 0 Å². The molecule has 0 unspecified atom stereocenters. The van der Waals surface area contributed by atoms with Crippen LogP contribution in [-0.2, 0) is 12.8 Å². The van der Waals surface area contributed by atoms with Crippen LogP contribution in [0.2, 0.25) is 0 Å². The number of para-hydroxylation sites is 3. The number of carbonyl (C=O) groups excluding carboxylic acids is 1. The Hall–Kier alpha value is -2.95. The molecular formula is C21H23N3O2. The lowest BCUT2D eigenvalue weighted by Gasteiger charge is -2.21. The average molecular weight is 349 g/mol. The largest absolute Gasteiger partial charge is 0.492 e. The number of anilines is 1. The van der Waals surface area contributed by atoms with E-state index in [0.717, 1.165) is 12.8 Å². The number of fused-ring (bicyclic) bond motifs is 3. The molecule has 0 saturated heterocycles. The maximum absolute atomic E-state index is 12.8. The number of ether oxygens (including phenoxy) is 1. The number of H-pyrrole nitrogens is 1. The van der Waals surface area contributed by atoms with Gasteiger partial charge in [0.15, 0.2) is 0 Å². The molecule has 2 aromatic carbocycles. The Labute approximate surface area is 153 Å². The molecule has 0 bridgehead atoms. The van der Waals surface area contributed by atoms with Gasteiger partial charge >= 0.3 is 6.03 Å². The van der Waals surface area contributed by atoms with Gasteiger partial charge in [-0.2, -0.15) is 0 Å². The molecule has 2 N–H and O–H groups in total. The first-order valence-corrected chi connectivity index (χ1v) is 9.12. The number of amides is 2. The number of nitrogens with one attached hydrogen (secondary N) is 2. The third kappa shape index (κ3) is 3.12. The Morgan fingerprint density at radius 1 is 1.12 bits per heavy atom. The van der Waals surface area contributed by atoms with Crippen LogP contribution in [0.25, 0.3) is 10.9 Å².